The Balaban J connectivity index is 2.66. The fourth-order valence-corrected chi connectivity index (χ4v) is 5.50. The summed E-state index contributed by atoms with van der Waals surface area (Å²) in [6.45, 7) is 4.83. The molecule has 114 valence electrons. The summed E-state index contributed by atoms with van der Waals surface area (Å²) < 4.78 is 48.7. The zero-order valence-corrected chi connectivity index (χ0v) is 13.4. The topological polar surface area (TPSA) is 83.6 Å². The average molecular weight is 312 g/mol. The maximum absolute atomic E-state index is 12.3. The van der Waals surface area contributed by atoms with Gasteiger partial charge in [0.05, 0.1) is 16.8 Å². The van der Waals surface area contributed by atoms with Crippen LogP contribution in [0.2, 0.25) is 0 Å². The molecule has 0 radical (unpaired) electrons. The second-order valence-electron chi connectivity index (χ2n) is 5.13. The van der Waals surface area contributed by atoms with Crippen LogP contribution in [0.4, 0.5) is 0 Å². The van der Waals surface area contributed by atoms with E-state index >= 15 is 0 Å². The SMILES string of the molecule is CCCNCC(C)S(=O)(=O)N(C)C1CCS(=O)(=O)C1. The molecule has 0 aliphatic carbocycles. The van der Waals surface area contributed by atoms with E-state index in [9.17, 15) is 16.8 Å². The van der Waals surface area contributed by atoms with Crippen molar-refractivity contribution in [2.24, 2.45) is 0 Å². The largest absolute Gasteiger partial charge is 0.315 e. The zero-order chi connectivity index (χ0) is 14.7. The molecule has 1 heterocycles. The monoisotopic (exact) mass is 312 g/mol. The van der Waals surface area contributed by atoms with Gasteiger partial charge in [-0.2, -0.15) is 0 Å². The van der Waals surface area contributed by atoms with Crippen molar-refractivity contribution in [2.75, 3.05) is 31.6 Å². The van der Waals surface area contributed by atoms with Gasteiger partial charge >= 0.3 is 0 Å². The van der Waals surface area contributed by atoms with E-state index in [1.807, 2.05) is 6.92 Å². The van der Waals surface area contributed by atoms with Crippen LogP contribution < -0.4 is 5.32 Å². The molecule has 0 aromatic carbocycles. The van der Waals surface area contributed by atoms with Crippen molar-refractivity contribution in [3.63, 3.8) is 0 Å². The molecule has 1 rings (SSSR count). The van der Waals surface area contributed by atoms with Crippen LogP contribution in [0.1, 0.15) is 26.7 Å². The van der Waals surface area contributed by atoms with Gasteiger partial charge in [-0.05, 0) is 26.3 Å². The van der Waals surface area contributed by atoms with Crippen molar-refractivity contribution >= 4 is 19.9 Å². The van der Waals surface area contributed by atoms with E-state index in [0.29, 0.717) is 13.0 Å². The molecule has 1 aliphatic heterocycles. The molecule has 0 bridgehead atoms. The number of nitrogens with zero attached hydrogens (tertiary/aromatic N) is 1. The van der Waals surface area contributed by atoms with Gasteiger partial charge in [0.2, 0.25) is 10.0 Å². The van der Waals surface area contributed by atoms with Gasteiger partial charge in [-0.1, -0.05) is 6.92 Å². The lowest BCUT2D eigenvalue weighted by atomic mass is 10.3. The van der Waals surface area contributed by atoms with Crippen LogP contribution in [0.5, 0.6) is 0 Å². The molecule has 0 aromatic heterocycles. The van der Waals surface area contributed by atoms with Crippen molar-refractivity contribution in [1.82, 2.24) is 9.62 Å². The van der Waals surface area contributed by atoms with Crippen LogP contribution in [0.3, 0.4) is 0 Å². The third-order valence-corrected chi connectivity index (χ3v) is 7.53. The Morgan fingerprint density at radius 3 is 2.53 bits per heavy atom. The maximum atomic E-state index is 12.3. The summed E-state index contributed by atoms with van der Waals surface area (Å²) in [5, 5.41) is 2.53. The van der Waals surface area contributed by atoms with Gasteiger partial charge < -0.3 is 5.32 Å². The van der Waals surface area contributed by atoms with Gasteiger partial charge in [0.25, 0.3) is 0 Å². The fraction of sp³-hybridized carbons (Fsp3) is 1.00. The lowest BCUT2D eigenvalue weighted by molar-refractivity contribution is 0.387. The quantitative estimate of drug-likeness (QED) is 0.660. The predicted octanol–water partition coefficient (Wildman–Crippen LogP) is -0.177. The number of nitrogens with one attached hydrogen (secondary N) is 1. The second-order valence-corrected chi connectivity index (χ2v) is 9.77. The van der Waals surface area contributed by atoms with E-state index in [1.54, 1.807) is 6.92 Å². The smallest absolute Gasteiger partial charge is 0.217 e. The van der Waals surface area contributed by atoms with E-state index in [4.69, 9.17) is 0 Å². The minimum Gasteiger partial charge on any atom is -0.315 e. The van der Waals surface area contributed by atoms with Gasteiger partial charge in [0, 0.05) is 19.6 Å². The Labute approximate surface area is 116 Å². The normalized spacial score (nSPS) is 24.7. The first-order valence-corrected chi connectivity index (χ1v) is 9.91. The third kappa shape index (κ3) is 4.40. The number of rotatable bonds is 7. The Bertz CT molecular complexity index is 487. The summed E-state index contributed by atoms with van der Waals surface area (Å²) in [7, 11) is -5.03. The minimum absolute atomic E-state index is 0.0577. The highest BCUT2D eigenvalue weighted by Gasteiger charge is 2.37. The van der Waals surface area contributed by atoms with E-state index in [1.165, 1.54) is 11.4 Å². The summed E-state index contributed by atoms with van der Waals surface area (Å²) in [4.78, 5) is 0. The Morgan fingerprint density at radius 2 is 2.05 bits per heavy atom. The molecular formula is C11H24N2O4S2. The molecule has 1 aliphatic rings. The molecule has 0 saturated carbocycles. The first kappa shape index (κ1) is 16.9. The highest BCUT2D eigenvalue weighted by Crippen LogP contribution is 2.20. The van der Waals surface area contributed by atoms with Crippen LogP contribution >= 0.6 is 0 Å². The Kier molecular flexibility index (Phi) is 5.78. The molecule has 2 unspecified atom stereocenters. The molecule has 0 spiro atoms. The summed E-state index contributed by atoms with van der Waals surface area (Å²) in [6.07, 6.45) is 1.34. The van der Waals surface area contributed by atoms with Gasteiger partial charge in [-0.25, -0.2) is 21.1 Å². The Hall–Kier alpha value is -0.180. The van der Waals surface area contributed by atoms with Crippen molar-refractivity contribution in [3.05, 3.63) is 0 Å². The number of sulfonamides is 1. The molecule has 1 N–H and O–H groups in total. The van der Waals surface area contributed by atoms with Crippen molar-refractivity contribution < 1.29 is 16.8 Å². The molecule has 0 aromatic rings. The first-order valence-electron chi connectivity index (χ1n) is 6.58. The molecule has 0 amide bonds. The summed E-state index contributed by atoms with van der Waals surface area (Å²) in [5.74, 6) is 0.0256. The number of hydrogen-bond donors (Lipinski definition) is 1. The van der Waals surface area contributed by atoms with E-state index < -0.39 is 31.2 Å². The van der Waals surface area contributed by atoms with Gasteiger partial charge in [0.1, 0.15) is 0 Å². The summed E-state index contributed by atoms with van der Waals surface area (Å²) in [6, 6.07) is -0.413. The number of hydrogen-bond acceptors (Lipinski definition) is 5. The van der Waals surface area contributed by atoms with Gasteiger partial charge in [-0.3, -0.25) is 0 Å². The maximum Gasteiger partial charge on any atom is 0.217 e. The predicted molar refractivity (Wildman–Crippen MR) is 76.4 cm³/mol. The van der Waals surface area contributed by atoms with E-state index in [0.717, 1.165) is 13.0 Å². The fourth-order valence-electron chi connectivity index (χ4n) is 2.14. The van der Waals surface area contributed by atoms with Gasteiger partial charge in [-0.15, -0.1) is 0 Å². The third-order valence-electron chi connectivity index (χ3n) is 3.49. The standard InChI is InChI=1S/C11H24N2O4S2/c1-4-6-12-8-10(2)19(16,17)13(3)11-5-7-18(14,15)9-11/h10-12H,4-9H2,1-3H3. The summed E-state index contributed by atoms with van der Waals surface area (Å²) >= 11 is 0. The highest BCUT2D eigenvalue weighted by molar-refractivity contribution is 7.92. The van der Waals surface area contributed by atoms with E-state index in [-0.39, 0.29) is 11.5 Å². The average Bonchev–Trinajstić information content (AvgIpc) is 2.68. The van der Waals surface area contributed by atoms with Crippen LogP contribution in [-0.4, -0.2) is 64.1 Å². The van der Waals surface area contributed by atoms with Crippen molar-refractivity contribution in [1.29, 1.82) is 0 Å². The lowest BCUT2D eigenvalue weighted by Crippen LogP contribution is -2.45. The second kappa shape index (κ2) is 6.51. The molecule has 6 nitrogen and oxygen atoms in total. The molecular weight excluding hydrogens is 288 g/mol. The lowest BCUT2D eigenvalue weighted by Gasteiger charge is -2.26. The van der Waals surface area contributed by atoms with Crippen molar-refractivity contribution in [2.45, 2.75) is 38.0 Å². The molecule has 1 saturated heterocycles. The van der Waals surface area contributed by atoms with Crippen LogP contribution in [-0.2, 0) is 19.9 Å². The van der Waals surface area contributed by atoms with Gasteiger partial charge in [0.15, 0.2) is 9.84 Å². The van der Waals surface area contributed by atoms with Crippen LogP contribution in [0, 0.1) is 0 Å². The molecule has 8 heteroatoms. The molecule has 1 fully saturated rings. The van der Waals surface area contributed by atoms with Crippen molar-refractivity contribution in [3.8, 4) is 0 Å². The Morgan fingerprint density at radius 1 is 1.42 bits per heavy atom. The zero-order valence-electron chi connectivity index (χ0n) is 11.8. The van der Waals surface area contributed by atoms with E-state index in [2.05, 4.69) is 5.32 Å². The van der Waals surface area contributed by atoms with Crippen LogP contribution in [0.15, 0.2) is 0 Å². The van der Waals surface area contributed by atoms with Crippen LogP contribution in [0.25, 0.3) is 0 Å². The minimum atomic E-state index is -3.45. The summed E-state index contributed by atoms with van der Waals surface area (Å²) in [5.41, 5.74) is 0. The highest BCUT2D eigenvalue weighted by atomic mass is 32.2. The number of sulfone groups is 1. The first-order chi connectivity index (χ1) is 8.70. The molecule has 19 heavy (non-hydrogen) atoms. The molecule has 2 atom stereocenters.